The van der Waals surface area contributed by atoms with Gasteiger partial charge in [0.2, 0.25) is 5.95 Å². The van der Waals surface area contributed by atoms with Crippen molar-refractivity contribution in [1.29, 1.82) is 0 Å². The van der Waals surface area contributed by atoms with Crippen LogP contribution in [0.5, 0.6) is 11.8 Å². The van der Waals surface area contributed by atoms with E-state index in [0.29, 0.717) is 42.8 Å². The van der Waals surface area contributed by atoms with Crippen molar-refractivity contribution in [2.24, 2.45) is 5.10 Å². The lowest BCUT2D eigenvalue weighted by Crippen LogP contribution is -2.37. The van der Waals surface area contributed by atoms with Gasteiger partial charge in [-0.15, -0.1) is 0 Å². The Bertz CT molecular complexity index is 767. The zero-order valence-electron chi connectivity index (χ0n) is 13.5. The first-order valence-corrected chi connectivity index (χ1v) is 7.94. The molecular formula is C15H17ClN6O3. The quantitative estimate of drug-likeness (QED) is 0.607. The fourth-order valence-corrected chi connectivity index (χ4v) is 2.36. The van der Waals surface area contributed by atoms with Crippen molar-refractivity contribution in [2.45, 2.75) is 0 Å². The van der Waals surface area contributed by atoms with Crippen molar-refractivity contribution in [1.82, 2.24) is 15.0 Å². The molecule has 1 aromatic heterocycles. The molecule has 1 saturated heterocycles. The van der Waals surface area contributed by atoms with E-state index in [-0.39, 0.29) is 17.7 Å². The first kappa shape index (κ1) is 17.2. The summed E-state index contributed by atoms with van der Waals surface area (Å²) in [6, 6.07) is 4.86. The number of hydrogen-bond acceptors (Lipinski definition) is 9. The molecule has 2 N–H and O–H groups in total. The highest BCUT2D eigenvalue weighted by Gasteiger charge is 2.16. The molecule has 0 saturated carbocycles. The number of halogens is 1. The summed E-state index contributed by atoms with van der Waals surface area (Å²) in [5.74, 6) is 0.779. The number of methoxy groups -OCH3 is 1. The number of phenolic OH excluding ortho intramolecular Hbond substituents is 1. The highest BCUT2D eigenvalue weighted by atomic mass is 35.5. The van der Waals surface area contributed by atoms with Crippen molar-refractivity contribution in [3.63, 3.8) is 0 Å². The monoisotopic (exact) mass is 364 g/mol. The molecule has 0 atom stereocenters. The van der Waals surface area contributed by atoms with E-state index in [1.807, 2.05) is 4.90 Å². The molecule has 0 unspecified atom stereocenters. The number of hydrogen-bond donors (Lipinski definition) is 2. The van der Waals surface area contributed by atoms with Crippen molar-refractivity contribution in [3.8, 4) is 11.8 Å². The molecule has 0 bridgehead atoms. The summed E-state index contributed by atoms with van der Waals surface area (Å²) in [6.07, 6.45) is 1.42. The van der Waals surface area contributed by atoms with Crippen molar-refractivity contribution in [3.05, 3.63) is 28.8 Å². The predicted molar refractivity (Wildman–Crippen MR) is 93.7 cm³/mol. The van der Waals surface area contributed by atoms with E-state index in [1.54, 1.807) is 12.1 Å². The lowest BCUT2D eigenvalue weighted by atomic mass is 10.2. The van der Waals surface area contributed by atoms with E-state index in [4.69, 9.17) is 21.1 Å². The molecule has 1 aliphatic rings. The number of nitrogens with one attached hydrogen (secondary N) is 1. The Morgan fingerprint density at radius 3 is 2.88 bits per heavy atom. The van der Waals surface area contributed by atoms with Gasteiger partial charge in [0.25, 0.3) is 5.95 Å². The molecule has 0 radical (unpaired) electrons. The third-order valence-corrected chi connectivity index (χ3v) is 3.67. The minimum Gasteiger partial charge on any atom is -0.507 e. The van der Waals surface area contributed by atoms with Crippen LogP contribution in [-0.2, 0) is 4.74 Å². The summed E-state index contributed by atoms with van der Waals surface area (Å²) in [4.78, 5) is 14.7. The van der Waals surface area contributed by atoms with Crippen LogP contribution in [0, 0.1) is 0 Å². The van der Waals surface area contributed by atoms with E-state index in [9.17, 15) is 5.11 Å². The minimum absolute atomic E-state index is 0.0668. The molecule has 25 heavy (non-hydrogen) atoms. The number of aromatic hydroxyl groups is 1. The average Bonchev–Trinajstić information content (AvgIpc) is 2.65. The SMILES string of the molecule is COc1nc(NN=Cc2cc(Cl)ccc2O)nc(N2CCOCC2)n1. The van der Waals surface area contributed by atoms with Gasteiger partial charge in [0.15, 0.2) is 0 Å². The Hall–Kier alpha value is -2.65. The van der Waals surface area contributed by atoms with Gasteiger partial charge in [0.1, 0.15) is 5.75 Å². The van der Waals surface area contributed by atoms with Gasteiger partial charge in [-0.25, -0.2) is 5.43 Å². The van der Waals surface area contributed by atoms with Crippen LogP contribution >= 0.6 is 11.6 Å². The fourth-order valence-electron chi connectivity index (χ4n) is 2.18. The number of phenols is 1. The second-order valence-corrected chi connectivity index (χ2v) is 5.55. The maximum Gasteiger partial charge on any atom is 0.322 e. The van der Waals surface area contributed by atoms with Gasteiger partial charge in [-0.3, -0.25) is 0 Å². The lowest BCUT2D eigenvalue weighted by molar-refractivity contribution is 0.122. The smallest absolute Gasteiger partial charge is 0.322 e. The van der Waals surface area contributed by atoms with E-state index in [0.717, 1.165) is 0 Å². The molecule has 2 aromatic rings. The number of morpholine rings is 1. The molecule has 0 spiro atoms. The second kappa shape index (κ2) is 7.95. The first-order valence-electron chi connectivity index (χ1n) is 7.56. The number of aromatic nitrogens is 3. The number of ether oxygens (including phenoxy) is 2. The van der Waals surface area contributed by atoms with Crippen LogP contribution in [0.1, 0.15) is 5.56 Å². The maximum atomic E-state index is 9.77. The molecule has 3 rings (SSSR count). The summed E-state index contributed by atoms with van der Waals surface area (Å²) >= 11 is 5.90. The largest absolute Gasteiger partial charge is 0.507 e. The molecule has 1 aromatic carbocycles. The van der Waals surface area contributed by atoms with Gasteiger partial charge in [-0.05, 0) is 18.2 Å². The van der Waals surface area contributed by atoms with Crippen molar-refractivity contribution < 1.29 is 14.6 Å². The third-order valence-electron chi connectivity index (χ3n) is 3.44. The molecule has 0 aliphatic carbocycles. The lowest BCUT2D eigenvalue weighted by Gasteiger charge is -2.26. The fraction of sp³-hybridized carbons (Fsp3) is 0.333. The van der Waals surface area contributed by atoms with Crippen LogP contribution in [0.15, 0.2) is 23.3 Å². The summed E-state index contributed by atoms with van der Waals surface area (Å²) in [6.45, 7) is 2.60. The van der Waals surface area contributed by atoms with E-state index >= 15 is 0 Å². The average molecular weight is 365 g/mol. The van der Waals surface area contributed by atoms with E-state index < -0.39 is 0 Å². The zero-order valence-corrected chi connectivity index (χ0v) is 14.3. The summed E-state index contributed by atoms with van der Waals surface area (Å²) < 4.78 is 10.4. The van der Waals surface area contributed by atoms with Gasteiger partial charge >= 0.3 is 6.01 Å². The van der Waals surface area contributed by atoms with Crippen molar-refractivity contribution >= 4 is 29.7 Å². The van der Waals surface area contributed by atoms with Gasteiger partial charge in [-0.2, -0.15) is 20.1 Å². The topological polar surface area (TPSA) is 105 Å². The molecule has 132 valence electrons. The van der Waals surface area contributed by atoms with Crippen LogP contribution in [0.3, 0.4) is 0 Å². The molecule has 1 aliphatic heterocycles. The number of hydrazone groups is 1. The standard InChI is InChI=1S/C15H17ClN6O3/c1-24-15-19-13(18-14(20-15)22-4-6-25-7-5-22)21-17-9-10-8-11(16)2-3-12(10)23/h2-3,8-9,23H,4-7H2,1H3,(H,18,19,20,21). The Morgan fingerprint density at radius 1 is 1.32 bits per heavy atom. The van der Waals surface area contributed by atoms with Gasteiger partial charge in [0.05, 0.1) is 26.5 Å². The molecular weight excluding hydrogens is 348 g/mol. The molecule has 9 nitrogen and oxygen atoms in total. The highest BCUT2D eigenvalue weighted by Crippen LogP contribution is 2.20. The maximum absolute atomic E-state index is 9.77. The van der Waals surface area contributed by atoms with Crippen LogP contribution in [0.2, 0.25) is 5.02 Å². The normalized spacial score (nSPS) is 14.7. The Kier molecular flexibility index (Phi) is 5.46. The van der Waals surface area contributed by atoms with Crippen LogP contribution in [-0.4, -0.2) is 59.7 Å². The Morgan fingerprint density at radius 2 is 2.12 bits per heavy atom. The zero-order chi connectivity index (χ0) is 17.6. The van der Waals surface area contributed by atoms with Gasteiger partial charge in [0, 0.05) is 23.7 Å². The summed E-state index contributed by atoms with van der Waals surface area (Å²) in [5, 5.41) is 14.3. The molecule has 1 fully saturated rings. The number of nitrogens with zero attached hydrogens (tertiary/aromatic N) is 5. The highest BCUT2D eigenvalue weighted by molar-refractivity contribution is 6.30. The Labute approximate surface area is 149 Å². The van der Waals surface area contributed by atoms with Gasteiger partial charge in [-0.1, -0.05) is 11.6 Å². The minimum atomic E-state index is 0.0668. The number of benzene rings is 1. The predicted octanol–water partition coefficient (Wildman–Crippen LogP) is 1.52. The van der Waals surface area contributed by atoms with Crippen LogP contribution in [0.4, 0.5) is 11.9 Å². The number of rotatable bonds is 5. The molecule has 2 heterocycles. The van der Waals surface area contributed by atoms with Crippen molar-refractivity contribution in [2.75, 3.05) is 43.7 Å². The molecule has 10 heteroatoms. The summed E-state index contributed by atoms with van der Waals surface area (Å²) in [5.41, 5.74) is 3.18. The third kappa shape index (κ3) is 4.46. The van der Waals surface area contributed by atoms with Gasteiger partial charge < -0.3 is 19.5 Å². The first-order chi connectivity index (χ1) is 12.2. The van der Waals surface area contributed by atoms with E-state index in [1.165, 1.54) is 19.4 Å². The second-order valence-electron chi connectivity index (χ2n) is 5.12. The Balaban J connectivity index is 1.77. The number of anilines is 2. The summed E-state index contributed by atoms with van der Waals surface area (Å²) in [7, 11) is 1.48. The molecule has 0 amide bonds. The van der Waals surface area contributed by atoms with E-state index in [2.05, 4.69) is 25.5 Å². The van der Waals surface area contributed by atoms with Crippen LogP contribution in [0.25, 0.3) is 0 Å². The van der Waals surface area contributed by atoms with Crippen LogP contribution < -0.4 is 15.1 Å².